The summed E-state index contributed by atoms with van der Waals surface area (Å²) >= 11 is 0. The lowest BCUT2D eigenvalue weighted by Crippen LogP contribution is -2.53. The van der Waals surface area contributed by atoms with Gasteiger partial charge in [0.05, 0.1) is 75.5 Å². The number of aromatic amines is 2. The monoisotopic (exact) mass is 910 g/mol. The number of nitrogens with zero attached hydrogens (tertiary/aromatic N) is 4. The smallest absolute Gasteiger partial charge is 0.407 e. The molecule has 16 nitrogen and oxygen atoms in total. The molecule has 3 saturated heterocycles. The Morgan fingerprint density at radius 1 is 0.910 bits per heavy atom. The predicted octanol–water partition coefficient (Wildman–Crippen LogP) is 7.66. The van der Waals surface area contributed by atoms with Gasteiger partial charge in [0.2, 0.25) is 5.91 Å². The van der Waals surface area contributed by atoms with E-state index in [1.165, 1.54) is 14.2 Å². The third kappa shape index (κ3) is 9.66. The van der Waals surface area contributed by atoms with E-state index in [-0.39, 0.29) is 36.4 Å². The quantitative estimate of drug-likeness (QED) is 0.0742. The average molecular weight is 911 g/mol. The van der Waals surface area contributed by atoms with E-state index in [9.17, 15) is 14.4 Å². The maximum Gasteiger partial charge on any atom is 0.407 e. The van der Waals surface area contributed by atoms with Crippen LogP contribution in [-0.4, -0.2) is 120 Å². The number of nitrogens with one attached hydrogen (secondary N) is 4. The van der Waals surface area contributed by atoms with Crippen LogP contribution in [0.4, 0.5) is 9.59 Å². The largest absolute Gasteiger partial charge is 0.453 e. The molecule has 1 spiro atoms. The molecule has 3 amide bonds. The van der Waals surface area contributed by atoms with E-state index in [4.69, 9.17) is 33.7 Å². The van der Waals surface area contributed by atoms with Crippen molar-refractivity contribution in [3.05, 3.63) is 121 Å². The van der Waals surface area contributed by atoms with Crippen molar-refractivity contribution in [2.24, 2.45) is 11.8 Å². The van der Waals surface area contributed by atoms with Crippen LogP contribution in [0.15, 0.2) is 104 Å². The zero-order valence-corrected chi connectivity index (χ0v) is 38.2. The van der Waals surface area contributed by atoms with Crippen LogP contribution in [0.5, 0.6) is 0 Å². The number of methoxy groups -OCH3 is 2. The van der Waals surface area contributed by atoms with Crippen LogP contribution in [0, 0.1) is 11.8 Å². The number of imidazole rings is 2. The number of alkyl carbamates (subject to hydrolysis) is 2. The van der Waals surface area contributed by atoms with Crippen LogP contribution < -0.4 is 10.6 Å². The molecule has 5 heterocycles. The fourth-order valence-corrected chi connectivity index (χ4v) is 9.94. The second kappa shape index (κ2) is 20.1. The minimum absolute atomic E-state index is 0.0637. The van der Waals surface area contributed by atoms with Gasteiger partial charge in [-0.25, -0.2) is 19.6 Å². The van der Waals surface area contributed by atoms with Crippen LogP contribution in [0.2, 0.25) is 0 Å². The summed E-state index contributed by atoms with van der Waals surface area (Å²) in [4.78, 5) is 60.1. The fraction of sp³-hybridized carbons (Fsp3) is 0.392. The molecule has 4 N–H and O–H groups in total. The van der Waals surface area contributed by atoms with Crippen LogP contribution in [0.25, 0.3) is 44.2 Å². The first kappa shape index (κ1) is 45.6. The van der Waals surface area contributed by atoms with Gasteiger partial charge in [-0.2, -0.15) is 0 Å². The Morgan fingerprint density at radius 2 is 1.63 bits per heavy atom. The molecule has 3 aliphatic heterocycles. The van der Waals surface area contributed by atoms with Crippen LogP contribution in [0.1, 0.15) is 55.5 Å². The van der Waals surface area contributed by atoms with Crippen molar-refractivity contribution in [3.8, 4) is 22.4 Å². The summed E-state index contributed by atoms with van der Waals surface area (Å²) in [5.41, 5.74) is 6.63. The second-order valence-corrected chi connectivity index (χ2v) is 17.5. The van der Waals surface area contributed by atoms with Crippen molar-refractivity contribution in [3.63, 3.8) is 0 Å². The normalized spacial score (nSPS) is 19.3. The van der Waals surface area contributed by atoms with E-state index in [0.29, 0.717) is 71.1 Å². The molecular weight excluding hydrogens is 853 g/mol. The highest BCUT2D eigenvalue weighted by atomic mass is 16.7. The number of benzene rings is 4. The van der Waals surface area contributed by atoms with E-state index in [0.717, 1.165) is 55.6 Å². The third-order valence-corrected chi connectivity index (χ3v) is 13.5. The molecule has 4 aromatic carbocycles. The summed E-state index contributed by atoms with van der Waals surface area (Å²) in [7, 11) is 2.67. The van der Waals surface area contributed by atoms with Crippen molar-refractivity contribution in [1.82, 2.24) is 40.4 Å². The van der Waals surface area contributed by atoms with Gasteiger partial charge in [-0.1, -0.05) is 85.8 Å². The van der Waals surface area contributed by atoms with Gasteiger partial charge in [0.1, 0.15) is 17.7 Å². The van der Waals surface area contributed by atoms with E-state index in [2.05, 4.69) is 87.5 Å². The number of aromatic nitrogens is 4. The molecule has 0 radical (unpaired) electrons. The number of amides is 3. The SMILES string of the molecule is C=CCCN(Cc1nc2c(ccc3cc(-c4ccc(-c5cnc(C6C(C)C7(CN6CC(NC(=O)OC)c6ccccc6)OCCO7)[nH]5)cc4)ccc32)[nH]1)C(=O)C(NC(=O)OC)C1CCOCC1. The van der Waals surface area contributed by atoms with Gasteiger partial charge in [-0.05, 0) is 65.0 Å². The number of fused-ring (bicyclic) bond motifs is 3. The second-order valence-electron chi connectivity index (χ2n) is 17.5. The van der Waals surface area contributed by atoms with Crippen LogP contribution >= 0.6 is 0 Å². The number of ether oxygens (including phenoxy) is 5. The number of rotatable bonds is 15. The standard InChI is InChI=1S/C51H58N8O8/c1-5-6-22-58(48(60)44(57-50(62)64-4)36-20-23-65-24-21-36)30-43-53-40-19-17-38-27-37(16-18-39(38)45(40)56-43)33-12-14-35(15-13-33)41-28-52-47(54-41)46-32(2)51(66-25-26-67-51)31-59(46)29-42(55-49(61)63-3)34-10-8-7-9-11-34/h5,7-19,27-28,32,36,42,44,46H,1,6,20-26,29-31H2,2-4H3,(H,52,54)(H,53,56)(H,55,61)(H,57,62). The zero-order valence-electron chi connectivity index (χ0n) is 38.2. The summed E-state index contributed by atoms with van der Waals surface area (Å²) in [6.07, 6.45) is 4.41. The number of likely N-dealkylation sites (tertiary alicyclic amines) is 1. The highest BCUT2D eigenvalue weighted by Crippen LogP contribution is 2.47. The zero-order chi connectivity index (χ0) is 46.5. The highest BCUT2D eigenvalue weighted by Gasteiger charge is 2.56. The van der Waals surface area contributed by atoms with Gasteiger partial charge in [0.25, 0.3) is 0 Å². The number of H-pyrrole nitrogens is 2. The lowest BCUT2D eigenvalue weighted by atomic mass is 9.90. The molecule has 9 rings (SSSR count). The number of carbonyl (C=O) groups is 3. The Labute approximate surface area is 389 Å². The molecule has 3 fully saturated rings. The molecule has 4 atom stereocenters. The summed E-state index contributed by atoms with van der Waals surface area (Å²) in [5, 5.41) is 7.86. The van der Waals surface area contributed by atoms with Gasteiger partial charge in [-0.15, -0.1) is 6.58 Å². The topological polar surface area (TPSA) is 185 Å². The molecule has 0 aliphatic carbocycles. The maximum absolute atomic E-state index is 14.1. The molecule has 350 valence electrons. The molecule has 67 heavy (non-hydrogen) atoms. The Hall–Kier alpha value is -6.59. The minimum atomic E-state index is -0.788. The van der Waals surface area contributed by atoms with E-state index < -0.39 is 24.0 Å². The molecule has 6 aromatic rings. The maximum atomic E-state index is 14.1. The van der Waals surface area contributed by atoms with Crippen molar-refractivity contribution < 1.29 is 38.1 Å². The molecule has 0 saturated carbocycles. The molecule has 2 aromatic heterocycles. The molecule has 4 unspecified atom stereocenters. The van der Waals surface area contributed by atoms with E-state index in [1.54, 1.807) is 11.0 Å². The lowest BCUT2D eigenvalue weighted by molar-refractivity contribution is -0.171. The number of carbonyl (C=O) groups excluding carboxylic acids is 3. The molecular formula is C51H58N8O8. The third-order valence-electron chi connectivity index (χ3n) is 13.5. The average Bonchev–Trinajstić information content (AvgIpc) is 4.19. The summed E-state index contributed by atoms with van der Waals surface area (Å²) in [5.74, 6) is 0.320. The first-order valence-corrected chi connectivity index (χ1v) is 23.0. The minimum Gasteiger partial charge on any atom is -0.453 e. The van der Waals surface area contributed by atoms with Gasteiger partial charge in [0.15, 0.2) is 5.79 Å². The van der Waals surface area contributed by atoms with Gasteiger partial charge in [-0.3, -0.25) is 9.69 Å². The van der Waals surface area contributed by atoms with Crippen molar-refractivity contribution in [1.29, 1.82) is 0 Å². The number of hydrogen-bond acceptors (Lipinski definition) is 11. The van der Waals surface area contributed by atoms with Crippen molar-refractivity contribution in [2.45, 2.75) is 56.6 Å². The van der Waals surface area contributed by atoms with E-state index >= 15 is 0 Å². The lowest BCUT2D eigenvalue weighted by Gasteiger charge is -2.33. The Bertz CT molecular complexity index is 2690. The Kier molecular flexibility index (Phi) is 13.7. The molecule has 16 heteroatoms. The first-order chi connectivity index (χ1) is 32.7. The van der Waals surface area contributed by atoms with Crippen LogP contribution in [-0.2, 0) is 35.0 Å². The Balaban J connectivity index is 0.926. The predicted molar refractivity (Wildman–Crippen MR) is 253 cm³/mol. The van der Waals surface area contributed by atoms with Crippen molar-refractivity contribution >= 4 is 39.9 Å². The van der Waals surface area contributed by atoms with Gasteiger partial charge >= 0.3 is 12.2 Å². The first-order valence-electron chi connectivity index (χ1n) is 23.0. The van der Waals surface area contributed by atoms with Gasteiger partial charge < -0.3 is 49.2 Å². The van der Waals surface area contributed by atoms with Crippen LogP contribution in [0.3, 0.4) is 0 Å². The summed E-state index contributed by atoms with van der Waals surface area (Å²) < 4.78 is 28.0. The molecule has 3 aliphatic rings. The van der Waals surface area contributed by atoms with Gasteiger partial charge in [0, 0.05) is 37.6 Å². The summed E-state index contributed by atoms with van der Waals surface area (Å²) in [6, 6.07) is 27.5. The highest BCUT2D eigenvalue weighted by molar-refractivity contribution is 6.05. The molecule has 0 bridgehead atoms. The Morgan fingerprint density at radius 3 is 2.36 bits per heavy atom. The fourth-order valence-electron chi connectivity index (χ4n) is 9.94. The number of hydrogen-bond donors (Lipinski definition) is 4. The van der Waals surface area contributed by atoms with Crippen molar-refractivity contribution in [2.75, 3.05) is 60.3 Å². The van der Waals surface area contributed by atoms with E-state index in [1.807, 2.05) is 42.6 Å². The summed E-state index contributed by atoms with van der Waals surface area (Å²) in [6.45, 7) is 9.76.